The van der Waals surface area contributed by atoms with Crippen LogP contribution in [0.25, 0.3) is 0 Å². The Hall–Kier alpha value is -0.610. The summed E-state index contributed by atoms with van der Waals surface area (Å²) in [6.45, 7) is 1.03. The summed E-state index contributed by atoms with van der Waals surface area (Å²) < 4.78 is 0. The second kappa shape index (κ2) is 6.90. The third kappa shape index (κ3) is 3.17. The summed E-state index contributed by atoms with van der Waals surface area (Å²) in [6, 6.07) is 0.721. The minimum Gasteiger partial charge on any atom is -0.480 e. The number of nitrogens with one attached hydrogen (secondary N) is 1. The van der Waals surface area contributed by atoms with Crippen LogP contribution < -0.4 is 5.32 Å². The van der Waals surface area contributed by atoms with Crippen LogP contribution in [-0.4, -0.2) is 48.2 Å². The second-order valence-corrected chi connectivity index (χ2v) is 6.68. The summed E-state index contributed by atoms with van der Waals surface area (Å²) in [5.41, 5.74) is -0.673. The van der Waals surface area contributed by atoms with E-state index in [1.165, 1.54) is 32.1 Å². The molecular weight excluding hydrogens is 252 g/mol. The van der Waals surface area contributed by atoms with E-state index in [9.17, 15) is 9.90 Å². The molecule has 2 N–H and O–H groups in total. The van der Waals surface area contributed by atoms with Gasteiger partial charge in [-0.3, -0.25) is 4.79 Å². The minimum absolute atomic E-state index is 0.274. The van der Waals surface area contributed by atoms with E-state index in [1.807, 2.05) is 0 Å². The van der Waals surface area contributed by atoms with Crippen molar-refractivity contribution < 1.29 is 9.90 Å². The number of hydrogen-bond donors (Lipinski definition) is 2. The van der Waals surface area contributed by atoms with E-state index in [1.54, 1.807) is 7.05 Å². The molecular formula is C16H30N2O2. The third-order valence-electron chi connectivity index (χ3n) is 5.68. The number of rotatable bonds is 6. The normalized spacial score (nSPS) is 31.9. The molecule has 2 saturated carbocycles. The lowest BCUT2D eigenvalue weighted by atomic mass is 9.84. The quantitative estimate of drug-likeness (QED) is 0.786. The monoisotopic (exact) mass is 282 g/mol. The standard InChI is InChI=1S/C16H30N2O2/c1-17-16(15(19)20)11-6-7-13(16)10-12-18(2)14-8-4-3-5-9-14/h13-14,17H,3-12H2,1-2H3,(H,19,20). The molecule has 2 atom stereocenters. The third-order valence-corrected chi connectivity index (χ3v) is 5.68. The van der Waals surface area contributed by atoms with Crippen LogP contribution in [0.3, 0.4) is 0 Å². The number of hydrogen-bond acceptors (Lipinski definition) is 3. The highest BCUT2D eigenvalue weighted by atomic mass is 16.4. The van der Waals surface area contributed by atoms with Crippen molar-refractivity contribution in [2.24, 2.45) is 5.92 Å². The smallest absolute Gasteiger partial charge is 0.324 e. The lowest BCUT2D eigenvalue weighted by Crippen LogP contribution is -2.53. The van der Waals surface area contributed by atoms with E-state index in [0.717, 1.165) is 38.3 Å². The van der Waals surface area contributed by atoms with Crippen LogP contribution >= 0.6 is 0 Å². The fourth-order valence-corrected chi connectivity index (χ4v) is 4.25. The first-order valence-corrected chi connectivity index (χ1v) is 8.22. The molecule has 0 aromatic rings. The van der Waals surface area contributed by atoms with Gasteiger partial charge in [0.1, 0.15) is 5.54 Å². The van der Waals surface area contributed by atoms with E-state index >= 15 is 0 Å². The van der Waals surface area contributed by atoms with Gasteiger partial charge in [-0.2, -0.15) is 0 Å². The van der Waals surface area contributed by atoms with Gasteiger partial charge < -0.3 is 15.3 Å². The first-order valence-electron chi connectivity index (χ1n) is 8.22. The highest BCUT2D eigenvalue weighted by molar-refractivity contribution is 5.79. The molecule has 2 fully saturated rings. The van der Waals surface area contributed by atoms with Gasteiger partial charge in [0, 0.05) is 6.04 Å². The zero-order valence-electron chi connectivity index (χ0n) is 13.0. The molecule has 0 aliphatic heterocycles. The average molecular weight is 282 g/mol. The molecule has 0 spiro atoms. The molecule has 116 valence electrons. The van der Waals surface area contributed by atoms with Crippen molar-refractivity contribution >= 4 is 5.97 Å². The van der Waals surface area contributed by atoms with E-state index in [0.29, 0.717) is 0 Å². The molecule has 4 nitrogen and oxygen atoms in total. The topological polar surface area (TPSA) is 52.6 Å². The van der Waals surface area contributed by atoms with Crippen LogP contribution in [0, 0.1) is 5.92 Å². The molecule has 0 radical (unpaired) electrons. The van der Waals surface area contributed by atoms with Crippen molar-refractivity contribution in [1.82, 2.24) is 10.2 Å². The van der Waals surface area contributed by atoms with Crippen molar-refractivity contribution in [3.63, 3.8) is 0 Å². The Kier molecular flexibility index (Phi) is 5.44. The molecule has 2 rings (SSSR count). The highest BCUT2D eigenvalue weighted by Crippen LogP contribution is 2.38. The van der Waals surface area contributed by atoms with Crippen LogP contribution in [0.15, 0.2) is 0 Å². The van der Waals surface area contributed by atoms with Crippen LogP contribution in [-0.2, 0) is 4.79 Å². The maximum Gasteiger partial charge on any atom is 0.324 e. The number of aliphatic carboxylic acids is 1. The fraction of sp³-hybridized carbons (Fsp3) is 0.938. The molecule has 0 aromatic heterocycles. The van der Waals surface area contributed by atoms with Gasteiger partial charge in [0.25, 0.3) is 0 Å². The van der Waals surface area contributed by atoms with Crippen molar-refractivity contribution in [3.8, 4) is 0 Å². The van der Waals surface area contributed by atoms with Crippen molar-refractivity contribution in [2.75, 3.05) is 20.6 Å². The zero-order chi connectivity index (χ0) is 14.6. The molecule has 2 aliphatic carbocycles. The molecule has 20 heavy (non-hydrogen) atoms. The van der Waals surface area contributed by atoms with Gasteiger partial charge in [-0.1, -0.05) is 25.7 Å². The van der Waals surface area contributed by atoms with Crippen molar-refractivity contribution in [3.05, 3.63) is 0 Å². The summed E-state index contributed by atoms with van der Waals surface area (Å²) in [6.07, 6.45) is 10.6. The maximum atomic E-state index is 11.6. The van der Waals surface area contributed by atoms with Crippen LogP contribution in [0.4, 0.5) is 0 Å². The van der Waals surface area contributed by atoms with E-state index in [4.69, 9.17) is 0 Å². The minimum atomic E-state index is -0.673. The Morgan fingerprint density at radius 3 is 2.55 bits per heavy atom. The van der Waals surface area contributed by atoms with Crippen molar-refractivity contribution in [1.29, 1.82) is 0 Å². The summed E-state index contributed by atoms with van der Waals surface area (Å²) >= 11 is 0. The lowest BCUT2D eigenvalue weighted by Gasteiger charge is -2.35. The zero-order valence-corrected chi connectivity index (χ0v) is 13.0. The molecule has 2 unspecified atom stereocenters. The molecule has 0 bridgehead atoms. The van der Waals surface area contributed by atoms with Gasteiger partial charge in [0.15, 0.2) is 0 Å². The molecule has 0 heterocycles. The summed E-state index contributed by atoms with van der Waals surface area (Å²) in [5.74, 6) is -0.390. The van der Waals surface area contributed by atoms with E-state index in [2.05, 4.69) is 17.3 Å². The molecule has 0 amide bonds. The van der Waals surface area contributed by atoms with Gasteiger partial charge >= 0.3 is 5.97 Å². The number of carboxylic acids is 1. The van der Waals surface area contributed by atoms with Gasteiger partial charge in [-0.15, -0.1) is 0 Å². The molecule has 4 heteroatoms. The molecule has 0 aromatic carbocycles. The number of carboxylic acid groups (broad SMARTS) is 1. The Bertz CT molecular complexity index is 328. The summed E-state index contributed by atoms with van der Waals surface area (Å²) in [7, 11) is 4.02. The molecule has 2 aliphatic rings. The van der Waals surface area contributed by atoms with Crippen LogP contribution in [0.2, 0.25) is 0 Å². The van der Waals surface area contributed by atoms with Crippen LogP contribution in [0.1, 0.15) is 57.8 Å². The van der Waals surface area contributed by atoms with Gasteiger partial charge in [0.05, 0.1) is 0 Å². The lowest BCUT2D eigenvalue weighted by molar-refractivity contribution is -0.146. The fourth-order valence-electron chi connectivity index (χ4n) is 4.25. The number of nitrogens with zero attached hydrogens (tertiary/aromatic N) is 1. The predicted molar refractivity (Wildman–Crippen MR) is 80.9 cm³/mol. The average Bonchev–Trinajstić information content (AvgIpc) is 2.90. The second-order valence-electron chi connectivity index (χ2n) is 6.68. The maximum absolute atomic E-state index is 11.6. The van der Waals surface area contributed by atoms with E-state index < -0.39 is 11.5 Å². The van der Waals surface area contributed by atoms with Gasteiger partial charge in [0.2, 0.25) is 0 Å². The largest absolute Gasteiger partial charge is 0.480 e. The summed E-state index contributed by atoms with van der Waals surface area (Å²) in [5, 5.41) is 12.7. The Labute approximate surface area is 122 Å². The van der Waals surface area contributed by atoms with Crippen molar-refractivity contribution in [2.45, 2.75) is 69.4 Å². The van der Waals surface area contributed by atoms with E-state index in [-0.39, 0.29) is 5.92 Å². The van der Waals surface area contributed by atoms with Gasteiger partial charge in [-0.25, -0.2) is 0 Å². The first kappa shape index (κ1) is 15.8. The summed E-state index contributed by atoms with van der Waals surface area (Å²) in [4.78, 5) is 14.1. The van der Waals surface area contributed by atoms with Gasteiger partial charge in [-0.05, 0) is 58.7 Å². The Balaban J connectivity index is 1.87. The predicted octanol–water partition coefficient (Wildman–Crippen LogP) is 2.48. The highest BCUT2D eigenvalue weighted by Gasteiger charge is 2.47. The molecule has 0 saturated heterocycles. The number of carbonyl (C=O) groups is 1. The Morgan fingerprint density at radius 1 is 1.25 bits per heavy atom. The SMILES string of the molecule is CNC1(C(=O)O)CCCC1CCN(C)C1CCCCC1. The Morgan fingerprint density at radius 2 is 1.95 bits per heavy atom. The number of likely N-dealkylation sites (N-methyl/N-ethyl adjacent to an activating group) is 1. The first-order chi connectivity index (χ1) is 9.60. The van der Waals surface area contributed by atoms with Crippen LogP contribution in [0.5, 0.6) is 0 Å².